The van der Waals surface area contributed by atoms with Crippen molar-refractivity contribution in [1.82, 2.24) is 25.1 Å². The third kappa shape index (κ3) is 3.53. The van der Waals surface area contributed by atoms with E-state index in [-0.39, 0.29) is 24.3 Å². The smallest absolute Gasteiger partial charge is 0.251 e. The van der Waals surface area contributed by atoms with Gasteiger partial charge in [0.25, 0.3) is 5.91 Å². The van der Waals surface area contributed by atoms with Crippen molar-refractivity contribution >= 4 is 39.6 Å². The fourth-order valence-corrected chi connectivity index (χ4v) is 5.52. The van der Waals surface area contributed by atoms with E-state index in [4.69, 9.17) is 0 Å². The quantitative estimate of drug-likeness (QED) is 0.435. The zero-order valence-corrected chi connectivity index (χ0v) is 18.7. The van der Waals surface area contributed by atoms with Crippen molar-refractivity contribution in [3.63, 3.8) is 0 Å². The van der Waals surface area contributed by atoms with Crippen LogP contribution in [0.25, 0.3) is 21.5 Å². The first-order chi connectivity index (χ1) is 16.2. The lowest BCUT2D eigenvalue weighted by atomic mass is 10.0. The summed E-state index contributed by atoms with van der Waals surface area (Å²) in [4.78, 5) is 32.5. The van der Waals surface area contributed by atoms with E-state index in [9.17, 15) is 9.59 Å². The second-order valence-corrected chi connectivity index (χ2v) is 9.41. The molecule has 9 heteroatoms. The van der Waals surface area contributed by atoms with Gasteiger partial charge in [0, 0.05) is 18.5 Å². The molecule has 2 fully saturated rings. The first-order valence-electron chi connectivity index (χ1n) is 11.1. The number of thiophene rings is 1. The summed E-state index contributed by atoms with van der Waals surface area (Å²) in [5, 5.41) is 16.9. The summed E-state index contributed by atoms with van der Waals surface area (Å²) in [7, 11) is 0. The van der Waals surface area contributed by atoms with Gasteiger partial charge in [-0.15, -0.1) is 21.5 Å². The number of carbonyl (C=O) groups is 2. The maximum atomic E-state index is 13.4. The Labute approximate surface area is 194 Å². The number of amides is 2. The highest BCUT2D eigenvalue weighted by molar-refractivity contribution is 7.13. The number of piperidine rings is 1. The summed E-state index contributed by atoms with van der Waals surface area (Å²) >= 11 is 1.59. The van der Waals surface area contributed by atoms with Crippen LogP contribution < -0.4 is 4.90 Å². The molecule has 8 nitrogen and oxygen atoms in total. The molecule has 2 aliphatic heterocycles. The summed E-state index contributed by atoms with van der Waals surface area (Å²) in [5.74, 6) is 0.380. The number of tetrazole rings is 1. The van der Waals surface area contributed by atoms with Crippen molar-refractivity contribution in [1.29, 1.82) is 0 Å². The minimum absolute atomic E-state index is 0.131. The molecule has 33 heavy (non-hydrogen) atoms. The third-order valence-corrected chi connectivity index (χ3v) is 7.43. The standard InChI is InChI=1S/C24H22N6O2S/c31-22-15-20(24(32)29(22)19-8-3-6-16-5-1-2-7-18(16)19)28-12-10-17(11-13-28)30-26-23(25-27-30)21-9-4-14-33-21/h1-9,14,17,20H,10-13,15H2. The van der Waals surface area contributed by atoms with Gasteiger partial charge in [0.05, 0.1) is 29.1 Å². The van der Waals surface area contributed by atoms with Crippen molar-refractivity contribution < 1.29 is 9.59 Å². The average Bonchev–Trinajstić information content (AvgIpc) is 3.60. The summed E-state index contributed by atoms with van der Waals surface area (Å²) in [6.45, 7) is 1.43. The van der Waals surface area contributed by atoms with Crippen LogP contribution in [0.15, 0.2) is 60.0 Å². The molecule has 2 aromatic heterocycles. The van der Waals surface area contributed by atoms with Crippen LogP contribution >= 0.6 is 11.3 Å². The number of imide groups is 1. The number of nitrogens with zero attached hydrogens (tertiary/aromatic N) is 6. The molecule has 0 radical (unpaired) electrons. The van der Waals surface area contributed by atoms with E-state index >= 15 is 0 Å². The van der Waals surface area contributed by atoms with Crippen molar-refractivity contribution in [3.8, 4) is 10.7 Å². The predicted molar refractivity (Wildman–Crippen MR) is 126 cm³/mol. The number of carbonyl (C=O) groups excluding carboxylic acids is 2. The molecule has 4 heterocycles. The Balaban J connectivity index is 1.17. The number of anilines is 1. The molecule has 0 saturated carbocycles. The summed E-state index contributed by atoms with van der Waals surface area (Å²) in [6.07, 6.45) is 1.84. The van der Waals surface area contributed by atoms with Gasteiger partial charge in [-0.3, -0.25) is 14.5 Å². The van der Waals surface area contributed by atoms with Gasteiger partial charge in [0.1, 0.15) is 0 Å². The van der Waals surface area contributed by atoms with Gasteiger partial charge in [0.15, 0.2) is 0 Å². The molecule has 4 aromatic rings. The van der Waals surface area contributed by atoms with E-state index in [0.29, 0.717) is 24.6 Å². The third-order valence-electron chi connectivity index (χ3n) is 6.57. The summed E-state index contributed by atoms with van der Waals surface area (Å²) in [6, 6.07) is 17.3. The van der Waals surface area contributed by atoms with Gasteiger partial charge in [-0.05, 0) is 41.0 Å². The molecule has 0 spiro atoms. The zero-order valence-electron chi connectivity index (χ0n) is 17.9. The largest absolute Gasteiger partial charge is 0.291 e. The van der Waals surface area contributed by atoms with Gasteiger partial charge < -0.3 is 0 Å². The molecule has 166 valence electrons. The molecular weight excluding hydrogens is 436 g/mol. The minimum Gasteiger partial charge on any atom is -0.291 e. The molecule has 2 aromatic carbocycles. The first-order valence-corrected chi connectivity index (χ1v) is 12.0. The fourth-order valence-electron chi connectivity index (χ4n) is 4.87. The van der Waals surface area contributed by atoms with Gasteiger partial charge in [-0.25, -0.2) is 4.90 Å². The summed E-state index contributed by atoms with van der Waals surface area (Å²) in [5.41, 5.74) is 0.674. The van der Waals surface area contributed by atoms with Gasteiger partial charge in [0.2, 0.25) is 11.7 Å². The average molecular weight is 459 g/mol. The highest BCUT2D eigenvalue weighted by atomic mass is 32.1. The Morgan fingerprint density at radius 2 is 1.76 bits per heavy atom. The van der Waals surface area contributed by atoms with E-state index in [1.165, 1.54) is 4.90 Å². The van der Waals surface area contributed by atoms with E-state index in [1.54, 1.807) is 16.1 Å². The summed E-state index contributed by atoms with van der Waals surface area (Å²) < 4.78 is 0. The number of hydrogen-bond donors (Lipinski definition) is 0. The Morgan fingerprint density at radius 1 is 0.939 bits per heavy atom. The highest BCUT2D eigenvalue weighted by Gasteiger charge is 2.44. The first kappa shape index (κ1) is 20.2. The number of aromatic nitrogens is 4. The second-order valence-electron chi connectivity index (χ2n) is 8.46. The van der Waals surface area contributed by atoms with Crippen LogP contribution in [-0.4, -0.2) is 56.1 Å². The highest BCUT2D eigenvalue weighted by Crippen LogP contribution is 2.33. The lowest BCUT2D eigenvalue weighted by Gasteiger charge is -2.34. The van der Waals surface area contributed by atoms with Crippen LogP contribution in [0.4, 0.5) is 5.69 Å². The van der Waals surface area contributed by atoms with Crippen LogP contribution in [0.3, 0.4) is 0 Å². The van der Waals surface area contributed by atoms with E-state index < -0.39 is 6.04 Å². The van der Waals surface area contributed by atoms with E-state index in [1.807, 2.05) is 60.0 Å². The van der Waals surface area contributed by atoms with Crippen molar-refractivity contribution in [2.45, 2.75) is 31.3 Å². The van der Waals surface area contributed by atoms with Crippen molar-refractivity contribution in [2.24, 2.45) is 0 Å². The van der Waals surface area contributed by atoms with E-state index in [2.05, 4.69) is 20.3 Å². The van der Waals surface area contributed by atoms with E-state index in [0.717, 1.165) is 28.5 Å². The van der Waals surface area contributed by atoms with Crippen LogP contribution in [0.2, 0.25) is 0 Å². The molecular formula is C24H22N6O2S. The Kier molecular flexibility index (Phi) is 5.00. The van der Waals surface area contributed by atoms with Crippen LogP contribution in [0, 0.1) is 0 Å². The topological polar surface area (TPSA) is 84.2 Å². The molecule has 0 N–H and O–H groups in total. The number of benzene rings is 2. The maximum absolute atomic E-state index is 13.4. The normalized spacial score (nSPS) is 20.2. The molecule has 1 atom stereocenters. The monoisotopic (exact) mass is 458 g/mol. The molecule has 6 rings (SSSR count). The van der Waals surface area contributed by atoms with Crippen molar-refractivity contribution in [2.75, 3.05) is 18.0 Å². The Morgan fingerprint density at radius 3 is 2.58 bits per heavy atom. The Hall–Kier alpha value is -3.43. The van der Waals surface area contributed by atoms with Gasteiger partial charge in [-0.2, -0.15) is 4.80 Å². The maximum Gasteiger partial charge on any atom is 0.251 e. The number of hydrogen-bond acceptors (Lipinski definition) is 7. The van der Waals surface area contributed by atoms with Gasteiger partial charge in [-0.1, -0.05) is 42.5 Å². The molecule has 1 unspecified atom stereocenters. The lowest BCUT2D eigenvalue weighted by molar-refractivity contribution is -0.123. The van der Waals surface area contributed by atoms with Crippen LogP contribution in [0.5, 0.6) is 0 Å². The molecule has 2 amide bonds. The Bertz CT molecular complexity index is 1320. The fraction of sp³-hybridized carbons (Fsp3) is 0.292. The SMILES string of the molecule is O=C1CC(N2CCC(n3nnc(-c4cccs4)n3)CC2)C(=O)N1c1cccc2ccccc12. The molecule has 2 saturated heterocycles. The lowest BCUT2D eigenvalue weighted by Crippen LogP contribution is -2.46. The number of likely N-dealkylation sites (tertiary alicyclic amines) is 1. The van der Waals surface area contributed by atoms with Gasteiger partial charge >= 0.3 is 0 Å². The minimum atomic E-state index is -0.414. The molecule has 0 bridgehead atoms. The second kappa shape index (κ2) is 8.17. The van der Waals surface area contributed by atoms with Crippen LogP contribution in [0.1, 0.15) is 25.3 Å². The molecule has 0 aliphatic carbocycles. The molecule has 2 aliphatic rings. The predicted octanol–water partition coefficient (Wildman–Crippen LogP) is 3.52. The zero-order chi connectivity index (χ0) is 22.4. The van der Waals surface area contributed by atoms with Crippen molar-refractivity contribution in [3.05, 3.63) is 60.0 Å². The number of fused-ring (bicyclic) bond motifs is 1. The number of rotatable bonds is 4. The van der Waals surface area contributed by atoms with Crippen LogP contribution in [-0.2, 0) is 9.59 Å².